The molecular formula is C26H23ClNOS+. The quantitative estimate of drug-likeness (QED) is 0.307. The zero-order chi connectivity index (χ0) is 20.8. The highest BCUT2D eigenvalue weighted by atomic mass is 35.5. The maximum atomic E-state index is 6.30. The van der Waals surface area contributed by atoms with Gasteiger partial charge in [0.2, 0.25) is 5.52 Å². The van der Waals surface area contributed by atoms with E-state index < -0.39 is 0 Å². The highest BCUT2D eigenvalue weighted by molar-refractivity contribution is 7.18. The van der Waals surface area contributed by atoms with Crippen LogP contribution in [0.3, 0.4) is 0 Å². The predicted molar refractivity (Wildman–Crippen MR) is 127 cm³/mol. The van der Waals surface area contributed by atoms with E-state index in [-0.39, 0.29) is 5.92 Å². The second-order valence-corrected chi connectivity index (χ2v) is 9.25. The van der Waals surface area contributed by atoms with Crippen LogP contribution in [0.2, 0.25) is 5.02 Å². The molecule has 2 nitrogen and oxygen atoms in total. The topological polar surface area (TPSA) is 13.1 Å². The smallest absolute Gasteiger partial charge is 0.262 e. The highest BCUT2D eigenvalue weighted by Crippen LogP contribution is 2.45. The third-order valence-electron chi connectivity index (χ3n) is 5.89. The summed E-state index contributed by atoms with van der Waals surface area (Å²) in [6.07, 6.45) is 5.42. The third-order valence-corrected chi connectivity index (χ3v) is 7.29. The van der Waals surface area contributed by atoms with Gasteiger partial charge in [0, 0.05) is 28.6 Å². The molecule has 5 rings (SSSR count). The van der Waals surface area contributed by atoms with E-state index in [0.717, 1.165) is 28.5 Å². The number of rotatable bonds is 3. The van der Waals surface area contributed by atoms with Crippen molar-refractivity contribution < 1.29 is 9.30 Å². The summed E-state index contributed by atoms with van der Waals surface area (Å²) in [6.45, 7) is 4.42. The van der Waals surface area contributed by atoms with Gasteiger partial charge in [-0.05, 0) is 47.0 Å². The van der Waals surface area contributed by atoms with Crippen molar-refractivity contribution in [1.29, 1.82) is 0 Å². The molecule has 3 aromatic carbocycles. The lowest BCUT2D eigenvalue weighted by atomic mass is 9.94. The zero-order valence-corrected chi connectivity index (χ0v) is 18.8. The Morgan fingerprint density at radius 3 is 2.83 bits per heavy atom. The minimum absolute atomic E-state index is 0.232. The summed E-state index contributed by atoms with van der Waals surface area (Å²) < 4.78 is 9.75. The molecule has 1 unspecified atom stereocenters. The molecule has 0 spiro atoms. The van der Waals surface area contributed by atoms with Crippen LogP contribution in [0.5, 0.6) is 5.75 Å². The molecule has 30 heavy (non-hydrogen) atoms. The van der Waals surface area contributed by atoms with Crippen molar-refractivity contribution in [3.05, 3.63) is 87.6 Å². The molecule has 1 aliphatic rings. The number of aryl methyl sites for hydroxylation is 1. The number of hydrogen-bond donors (Lipinski definition) is 0. The largest absolute Gasteiger partial charge is 0.461 e. The van der Waals surface area contributed by atoms with Crippen LogP contribution in [-0.4, -0.2) is 0 Å². The van der Waals surface area contributed by atoms with Crippen molar-refractivity contribution in [3.8, 4) is 5.75 Å². The van der Waals surface area contributed by atoms with Crippen molar-refractivity contribution in [1.82, 2.24) is 0 Å². The number of halogens is 1. The predicted octanol–water partition coefficient (Wildman–Crippen LogP) is 7.41. The van der Waals surface area contributed by atoms with Gasteiger partial charge in [-0.1, -0.05) is 67.1 Å². The van der Waals surface area contributed by atoms with Gasteiger partial charge in [-0.15, -0.1) is 0 Å². The van der Waals surface area contributed by atoms with E-state index in [1.54, 1.807) is 11.3 Å². The van der Waals surface area contributed by atoms with Crippen LogP contribution in [0.25, 0.3) is 27.1 Å². The molecule has 1 atom stereocenters. The van der Waals surface area contributed by atoms with Gasteiger partial charge in [0.15, 0.2) is 0 Å². The maximum Gasteiger partial charge on any atom is 0.262 e. The summed E-state index contributed by atoms with van der Waals surface area (Å²) in [7, 11) is 2.10. The Bertz CT molecular complexity index is 1350. The third kappa shape index (κ3) is 3.23. The van der Waals surface area contributed by atoms with Gasteiger partial charge < -0.3 is 4.74 Å². The van der Waals surface area contributed by atoms with E-state index >= 15 is 0 Å². The van der Waals surface area contributed by atoms with E-state index in [4.69, 9.17) is 16.3 Å². The molecule has 0 saturated carbocycles. The zero-order valence-electron chi connectivity index (χ0n) is 17.3. The Balaban J connectivity index is 1.55. The monoisotopic (exact) mass is 432 g/mol. The lowest BCUT2D eigenvalue weighted by Gasteiger charge is -2.07. The van der Waals surface area contributed by atoms with Gasteiger partial charge >= 0.3 is 0 Å². The van der Waals surface area contributed by atoms with Crippen molar-refractivity contribution in [2.24, 2.45) is 7.05 Å². The normalized spacial score (nSPS) is 17.7. The van der Waals surface area contributed by atoms with Gasteiger partial charge in [0.05, 0.1) is 0 Å². The molecule has 0 saturated heterocycles. The van der Waals surface area contributed by atoms with Gasteiger partial charge in [0.25, 0.3) is 5.01 Å². The molecule has 1 aromatic heterocycles. The molecule has 4 aromatic rings. The van der Waals surface area contributed by atoms with Crippen LogP contribution in [-0.2, 0) is 7.05 Å². The highest BCUT2D eigenvalue weighted by Gasteiger charge is 2.28. The fraction of sp³-hybridized carbons (Fsp3) is 0.192. The summed E-state index contributed by atoms with van der Waals surface area (Å²) >= 11 is 7.98. The SMILES string of the molecule is CCC(=Cc1sc2ccc(Cl)cc2[n+]1C)C=C1Oc2ccc3ccccc3c2C1C. The van der Waals surface area contributed by atoms with Crippen LogP contribution < -0.4 is 9.30 Å². The van der Waals surface area contributed by atoms with Crippen LogP contribution in [0.4, 0.5) is 0 Å². The van der Waals surface area contributed by atoms with Crippen molar-refractivity contribution >= 4 is 50.0 Å². The molecule has 0 fully saturated rings. The minimum Gasteiger partial charge on any atom is -0.461 e. The Labute approximate surface area is 185 Å². The van der Waals surface area contributed by atoms with Crippen LogP contribution in [0.15, 0.2) is 72.0 Å². The summed E-state index contributed by atoms with van der Waals surface area (Å²) in [6, 6.07) is 18.8. The lowest BCUT2D eigenvalue weighted by Crippen LogP contribution is -2.28. The molecule has 0 amide bonds. The standard InChI is InChI=1S/C26H23ClNOS/c1-4-17(14-25-28(3)21-15-19(27)10-12-24(21)30-25)13-23-16(2)26-20-8-6-5-7-18(20)9-11-22(26)29-23/h5-16H,4H2,1-3H3/q+1. The molecule has 0 aliphatic carbocycles. The molecular weight excluding hydrogens is 410 g/mol. The molecule has 2 heterocycles. The molecule has 4 heteroatoms. The summed E-state index contributed by atoms with van der Waals surface area (Å²) in [5, 5.41) is 4.51. The van der Waals surface area contributed by atoms with Crippen molar-refractivity contribution in [2.45, 2.75) is 26.2 Å². The number of fused-ring (bicyclic) bond motifs is 4. The second kappa shape index (κ2) is 7.57. The van der Waals surface area contributed by atoms with E-state index in [0.29, 0.717) is 0 Å². The summed E-state index contributed by atoms with van der Waals surface area (Å²) in [5.74, 6) is 2.22. The minimum atomic E-state index is 0.232. The van der Waals surface area contributed by atoms with Crippen LogP contribution in [0, 0.1) is 0 Å². The fourth-order valence-electron chi connectivity index (χ4n) is 4.18. The fourth-order valence-corrected chi connectivity index (χ4v) is 5.45. The lowest BCUT2D eigenvalue weighted by molar-refractivity contribution is -0.642. The Morgan fingerprint density at radius 2 is 2.00 bits per heavy atom. The second-order valence-electron chi connectivity index (χ2n) is 7.75. The van der Waals surface area contributed by atoms with E-state index in [2.05, 4.69) is 80.1 Å². The molecule has 0 bridgehead atoms. The van der Waals surface area contributed by atoms with Gasteiger partial charge in [-0.2, -0.15) is 4.57 Å². The first kappa shape index (κ1) is 19.3. The number of hydrogen-bond acceptors (Lipinski definition) is 2. The van der Waals surface area contributed by atoms with E-state index in [1.807, 2.05) is 12.1 Å². The first-order valence-corrected chi connectivity index (χ1v) is 11.4. The number of nitrogens with zero attached hydrogens (tertiary/aromatic N) is 1. The van der Waals surface area contributed by atoms with E-state index in [1.165, 1.54) is 31.6 Å². The number of aromatic nitrogens is 1. The first-order chi connectivity index (χ1) is 14.5. The Hall–Kier alpha value is -2.62. The summed E-state index contributed by atoms with van der Waals surface area (Å²) in [4.78, 5) is 0. The molecule has 1 aliphatic heterocycles. The number of thiazole rings is 1. The molecule has 0 N–H and O–H groups in total. The maximum absolute atomic E-state index is 6.30. The Kier molecular flexibility index (Phi) is 4.88. The molecule has 150 valence electrons. The van der Waals surface area contributed by atoms with Crippen LogP contribution >= 0.6 is 22.9 Å². The van der Waals surface area contributed by atoms with E-state index in [9.17, 15) is 0 Å². The summed E-state index contributed by atoms with van der Waals surface area (Å²) in [5.41, 5.74) is 3.70. The molecule has 0 radical (unpaired) electrons. The van der Waals surface area contributed by atoms with Crippen molar-refractivity contribution in [3.63, 3.8) is 0 Å². The first-order valence-electron chi connectivity index (χ1n) is 10.2. The van der Waals surface area contributed by atoms with Gasteiger partial charge in [-0.3, -0.25) is 0 Å². The number of benzene rings is 3. The Morgan fingerprint density at radius 1 is 1.17 bits per heavy atom. The number of ether oxygens (including phenoxy) is 1. The van der Waals surface area contributed by atoms with Crippen LogP contribution in [0.1, 0.15) is 36.8 Å². The van der Waals surface area contributed by atoms with Gasteiger partial charge in [0.1, 0.15) is 23.3 Å². The van der Waals surface area contributed by atoms with Crippen molar-refractivity contribution in [2.75, 3.05) is 0 Å². The van der Waals surface area contributed by atoms with Gasteiger partial charge in [-0.25, -0.2) is 0 Å². The average Bonchev–Trinajstić information content (AvgIpc) is 3.24. The number of allylic oxidation sites excluding steroid dienone is 3. The average molecular weight is 433 g/mol.